The molecule has 3 rings (SSSR count). The summed E-state index contributed by atoms with van der Waals surface area (Å²) in [5, 5.41) is 0. The maximum Gasteiger partial charge on any atom is 0.0680 e. The van der Waals surface area contributed by atoms with Crippen LogP contribution in [0, 0.1) is 23.7 Å². The Hall–Kier alpha value is -0.120. The molecule has 0 aromatic heterocycles. The topological polar surface area (TPSA) is 27.7 Å². The molecule has 6 atom stereocenters. The van der Waals surface area contributed by atoms with Gasteiger partial charge in [0.1, 0.15) is 0 Å². The van der Waals surface area contributed by atoms with Gasteiger partial charge in [-0.05, 0) is 57.3 Å². The van der Waals surface area contributed by atoms with Crippen molar-refractivity contribution in [3.63, 3.8) is 0 Å². The predicted octanol–water partition coefficient (Wildman–Crippen LogP) is 4.05. The number of rotatable bonds is 3. The Morgan fingerprint density at radius 1 is 0.727 bits per heavy atom. The van der Waals surface area contributed by atoms with E-state index in [2.05, 4.69) is 20.8 Å². The van der Waals surface area contributed by atoms with Crippen molar-refractivity contribution in [3.8, 4) is 0 Å². The van der Waals surface area contributed by atoms with Crippen LogP contribution in [0.1, 0.15) is 59.3 Å². The summed E-state index contributed by atoms with van der Waals surface area (Å²) < 4.78 is 18.6. The van der Waals surface area contributed by atoms with E-state index in [9.17, 15) is 0 Å². The maximum atomic E-state index is 6.33. The fraction of sp³-hybridized carbons (Fsp3) is 1.00. The standard InChI is InChI=1S/C19H34O3/c1-13(2)15-7-4-11-21-18(15)17-9-6-12-22-19(17)16-8-5-10-20-14(16)3/h13-19H,4-12H2,1-3H3. The second kappa shape index (κ2) is 7.63. The van der Waals surface area contributed by atoms with Crippen LogP contribution in [0.5, 0.6) is 0 Å². The van der Waals surface area contributed by atoms with Crippen molar-refractivity contribution >= 4 is 0 Å². The van der Waals surface area contributed by atoms with Crippen LogP contribution in [0.2, 0.25) is 0 Å². The number of hydrogen-bond donors (Lipinski definition) is 0. The molecule has 3 heterocycles. The minimum atomic E-state index is 0.334. The first-order valence-corrected chi connectivity index (χ1v) is 9.53. The van der Waals surface area contributed by atoms with Crippen molar-refractivity contribution in [2.45, 2.75) is 77.6 Å². The van der Waals surface area contributed by atoms with Gasteiger partial charge in [-0.3, -0.25) is 0 Å². The van der Waals surface area contributed by atoms with Crippen molar-refractivity contribution in [1.82, 2.24) is 0 Å². The zero-order chi connectivity index (χ0) is 15.5. The molecule has 0 radical (unpaired) electrons. The highest BCUT2D eigenvalue weighted by molar-refractivity contribution is 4.93. The lowest BCUT2D eigenvalue weighted by Crippen LogP contribution is -2.51. The number of ether oxygens (including phenoxy) is 3. The largest absolute Gasteiger partial charge is 0.378 e. The predicted molar refractivity (Wildman–Crippen MR) is 87.9 cm³/mol. The maximum absolute atomic E-state index is 6.33. The van der Waals surface area contributed by atoms with Crippen LogP contribution in [-0.4, -0.2) is 38.1 Å². The fourth-order valence-electron chi connectivity index (χ4n) is 4.98. The van der Waals surface area contributed by atoms with Gasteiger partial charge in [-0.25, -0.2) is 0 Å². The lowest BCUT2D eigenvalue weighted by Gasteiger charge is -2.47. The minimum absolute atomic E-state index is 0.334. The van der Waals surface area contributed by atoms with Gasteiger partial charge in [0.25, 0.3) is 0 Å². The normalized spacial score (nSPS) is 44.2. The zero-order valence-electron chi connectivity index (χ0n) is 14.6. The smallest absolute Gasteiger partial charge is 0.0680 e. The SMILES string of the molecule is CC(C)C1CCCOC1C1CCCOC1C1CCCOC1C. The Morgan fingerprint density at radius 3 is 2.00 bits per heavy atom. The van der Waals surface area contributed by atoms with E-state index >= 15 is 0 Å². The van der Waals surface area contributed by atoms with Crippen molar-refractivity contribution in [1.29, 1.82) is 0 Å². The molecule has 0 aromatic carbocycles. The molecule has 0 spiro atoms. The van der Waals surface area contributed by atoms with Crippen LogP contribution in [0.25, 0.3) is 0 Å². The molecule has 3 fully saturated rings. The third kappa shape index (κ3) is 3.52. The van der Waals surface area contributed by atoms with Gasteiger partial charge in [0.15, 0.2) is 0 Å². The molecule has 128 valence electrons. The summed E-state index contributed by atoms with van der Waals surface area (Å²) in [6.45, 7) is 9.73. The molecule has 3 heteroatoms. The molecule has 0 saturated carbocycles. The quantitative estimate of drug-likeness (QED) is 0.787. The highest BCUT2D eigenvalue weighted by Gasteiger charge is 2.44. The van der Waals surface area contributed by atoms with Gasteiger partial charge in [-0.15, -0.1) is 0 Å². The first-order valence-electron chi connectivity index (χ1n) is 9.53. The first kappa shape index (κ1) is 16.7. The van der Waals surface area contributed by atoms with Gasteiger partial charge in [-0.1, -0.05) is 13.8 Å². The Balaban J connectivity index is 1.76. The van der Waals surface area contributed by atoms with Crippen molar-refractivity contribution in [3.05, 3.63) is 0 Å². The van der Waals surface area contributed by atoms with Crippen LogP contribution in [-0.2, 0) is 14.2 Å². The second-order valence-electron chi connectivity index (χ2n) is 7.91. The molecular formula is C19H34O3. The van der Waals surface area contributed by atoms with Crippen molar-refractivity contribution < 1.29 is 14.2 Å². The van der Waals surface area contributed by atoms with Crippen LogP contribution in [0.15, 0.2) is 0 Å². The molecular weight excluding hydrogens is 276 g/mol. The molecule has 0 bridgehead atoms. The molecule has 6 unspecified atom stereocenters. The third-order valence-electron chi connectivity index (χ3n) is 6.19. The minimum Gasteiger partial charge on any atom is -0.378 e. The highest BCUT2D eigenvalue weighted by atomic mass is 16.5. The fourth-order valence-corrected chi connectivity index (χ4v) is 4.98. The summed E-state index contributed by atoms with van der Waals surface area (Å²) in [6.07, 6.45) is 8.50. The molecule has 3 aliphatic heterocycles. The Morgan fingerprint density at radius 2 is 1.32 bits per heavy atom. The molecule has 22 heavy (non-hydrogen) atoms. The van der Waals surface area contributed by atoms with Gasteiger partial charge < -0.3 is 14.2 Å². The summed E-state index contributed by atoms with van der Waals surface area (Å²) in [4.78, 5) is 0. The van der Waals surface area contributed by atoms with E-state index in [4.69, 9.17) is 14.2 Å². The van der Waals surface area contributed by atoms with Crippen molar-refractivity contribution in [2.24, 2.45) is 23.7 Å². The van der Waals surface area contributed by atoms with E-state index in [0.29, 0.717) is 42.0 Å². The summed E-state index contributed by atoms with van der Waals surface area (Å²) >= 11 is 0. The van der Waals surface area contributed by atoms with E-state index in [1.807, 2.05) is 0 Å². The summed E-state index contributed by atoms with van der Waals surface area (Å²) in [7, 11) is 0. The molecule has 0 aromatic rings. The Labute approximate surface area is 136 Å². The lowest BCUT2D eigenvalue weighted by atomic mass is 9.71. The van der Waals surface area contributed by atoms with Gasteiger partial charge in [0.05, 0.1) is 18.3 Å². The summed E-state index contributed by atoms with van der Waals surface area (Å²) in [5.74, 6) is 2.52. The Kier molecular flexibility index (Phi) is 5.80. The molecule has 0 N–H and O–H groups in total. The van der Waals surface area contributed by atoms with E-state index < -0.39 is 0 Å². The molecule has 0 amide bonds. The monoisotopic (exact) mass is 310 g/mol. The van der Waals surface area contributed by atoms with Gasteiger partial charge in [0, 0.05) is 31.7 Å². The van der Waals surface area contributed by atoms with E-state index in [1.165, 1.54) is 38.5 Å². The summed E-state index contributed by atoms with van der Waals surface area (Å²) in [5.41, 5.74) is 0. The average Bonchev–Trinajstić information content (AvgIpc) is 2.55. The van der Waals surface area contributed by atoms with E-state index in [-0.39, 0.29) is 0 Å². The lowest BCUT2D eigenvalue weighted by molar-refractivity contribution is -0.173. The molecule has 3 saturated heterocycles. The molecule has 0 aliphatic carbocycles. The van der Waals surface area contributed by atoms with Gasteiger partial charge in [0.2, 0.25) is 0 Å². The van der Waals surface area contributed by atoms with Crippen molar-refractivity contribution in [2.75, 3.05) is 19.8 Å². The van der Waals surface area contributed by atoms with E-state index in [0.717, 1.165) is 19.8 Å². The first-order chi connectivity index (χ1) is 10.7. The summed E-state index contributed by atoms with van der Waals surface area (Å²) in [6, 6.07) is 0. The van der Waals surface area contributed by atoms with Crippen LogP contribution in [0.3, 0.4) is 0 Å². The highest BCUT2D eigenvalue weighted by Crippen LogP contribution is 2.41. The zero-order valence-corrected chi connectivity index (χ0v) is 14.6. The van der Waals surface area contributed by atoms with Gasteiger partial charge >= 0.3 is 0 Å². The van der Waals surface area contributed by atoms with E-state index in [1.54, 1.807) is 0 Å². The second-order valence-corrected chi connectivity index (χ2v) is 7.91. The Bertz CT molecular complexity index is 344. The average molecular weight is 310 g/mol. The molecule has 3 aliphatic rings. The van der Waals surface area contributed by atoms with Crippen LogP contribution in [0.4, 0.5) is 0 Å². The number of hydrogen-bond acceptors (Lipinski definition) is 3. The van der Waals surface area contributed by atoms with Crippen LogP contribution >= 0.6 is 0 Å². The third-order valence-corrected chi connectivity index (χ3v) is 6.19. The molecule has 3 nitrogen and oxygen atoms in total. The van der Waals surface area contributed by atoms with Crippen LogP contribution < -0.4 is 0 Å². The van der Waals surface area contributed by atoms with Gasteiger partial charge in [-0.2, -0.15) is 0 Å².